The van der Waals surface area contributed by atoms with Crippen LogP contribution in [0.1, 0.15) is 24.1 Å². The lowest BCUT2D eigenvalue weighted by Gasteiger charge is -2.17. The first-order valence-electron chi connectivity index (χ1n) is 7.66. The first kappa shape index (κ1) is 15.9. The molecule has 1 aliphatic rings. The van der Waals surface area contributed by atoms with Crippen LogP contribution in [0, 0.1) is 0 Å². The number of amides is 2. The second-order valence-corrected chi connectivity index (χ2v) is 6.59. The molecule has 2 unspecified atom stereocenters. The third-order valence-corrected chi connectivity index (χ3v) is 4.45. The number of halogens is 1. The van der Waals surface area contributed by atoms with Crippen molar-refractivity contribution < 1.29 is 9.53 Å². The van der Waals surface area contributed by atoms with Crippen molar-refractivity contribution in [1.82, 2.24) is 10.6 Å². The molecule has 2 N–H and O–H groups in total. The average Bonchev–Trinajstić information content (AvgIpc) is 2.96. The molecule has 4 nitrogen and oxygen atoms in total. The summed E-state index contributed by atoms with van der Waals surface area (Å²) in [6.45, 7) is 2.46. The lowest BCUT2D eigenvalue weighted by atomic mass is 10.1. The Kier molecular flexibility index (Phi) is 4.86. The summed E-state index contributed by atoms with van der Waals surface area (Å²) in [7, 11) is 0. The summed E-state index contributed by atoms with van der Waals surface area (Å²) in [6, 6.07) is 15.7. The summed E-state index contributed by atoms with van der Waals surface area (Å²) >= 11 is 3.41. The van der Waals surface area contributed by atoms with Crippen LogP contribution in [0.15, 0.2) is 53.0 Å². The minimum atomic E-state index is -0.181. The molecule has 5 heteroatoms. The van der Waals surface area contributed by atoms with Crippen LogP contribution in [0.3, 0.4) is 0 Å². The number of nitrogens with one attached hydrogen (secondary N) is 2. The Morgan fingerprint density at radius 2 is 2.00 bits per heavy atom. The van der Waals surface area contributed by atoms with E-state index in [0.717, 1.165) is 22.2 Å². The number of hydrogen-bond acceptors (Lipinski definition) is 2. The number of ether oxygens (including phenoxy) is 1. The van der Waals surface area contributed by atoms with E-state index in [1.165, 1.54) is 5.56 Å². The van der Waals surface area contributed by atoms with Crippen molar-refractivity contribution in [3.63, 3.8) is 0 Å². The highest BCUT2D eigenvalue weighted by atomic mass is 79.9. The quantitative estimate of drug-likeness (QED) is 0.854. The first-order chi connectivity index (χ1) is 11.1. The molecule has 23 heavy (non-hydrogen) atoms. The molecule has 2 aromatic carbocycles. The van der Waals surface area contributed by atoms with E-state index < -0.39 is 0 Å². The molecule has 0 aliphatic carbocycles. The van der Waals surface area contributed by atoms with Gasteiger partial charge in [0.1, 0.15) is 11.9 Å². The molecule has 120 valence electrons. The van der Waals surface area contributed by atoms with Crippen molar-refractivity contribution in [1.29, 1.82) is 0 Å². The number of benzene rings is 2. The molecule has 1 heterocycles. The molecular weight excluding hydrogens is 356 g/mol. The van der Waals surface area contributed by atoms with Gasteiger partial charge in [-0.25, -0.2) is 4.79 Å². The molecule has 0 saturated carbocycles. The van der Waals surface area contributed by atoms with Crippen LogP contribution in [0.4, 0.5) is 4.79 Å². The standard InChI is InChI=1S/C18H19BrN2O2/c1-12(13-6-8-15(19)9-7-13)21-18(22)20-11-16-10-14-4-2-3-5-17(14)23-16/h2-9,12,16H,10-11H2,1H3,(H2,20,21,22). The monoisotopic (exact) mass is 374 g/mol. The SMILES string of the molecule is CC(NC(=O)NCC1Cc2ccccc2O1)c1ccc(Br)cc1. The Bertz CT molecular complexity index is 663. The van der Waals surface area contributed by atoms with E-state index in [2.05, 4.69) is 32.6 Å². The number of urea groups is 1. The maximum atomic E-state index is 12.0. The number of para-hydroxylation sites is 1. The molecular formula is C18H19BrN2O2. The number of carbonyl (C=O) groups is 1. The third-order valence-electron chi connectivity index (χ3n) is 3.92. The topological polar surface area (TPSA) is 50.4 Å². The van der Waals surface area contributed by atoms with Gasteiger partial charge in [-0.3, -0.25) is 0 Å². The van der Waals surface area contributed by atoms with Crippen LogP contribution < -0.4 is 15.4 Å². The molecule has 0 bridgehead atoms. The minimum absolute atomic E-state index is 0.00105. The van der Waals surface area contributed by atoms with Gasteiger partial charge in [0.05, 0.1) is 12.6 Å². The Balaban J connectivity index is 1.46. The summed E-state index contributed by atoms with van der Waals surface area (Å²) in [6.07, 6.45) is 0.833. The summed E-state index contributed by atoms with van der Waals surface area (Å²) < 4.78 is 6.84. The smallest absolute Gasteiger partial charge is 0.315 e. The second-order valence-electron chi connectivity index (χ2n) is 5.68. The van der Waals surface area contributed by atoms with Crippen LogP contribution >= 0.6 is 15.9 Å². The van der Waals surface area contributed by atoms with Crippen LogP contribution in [-0.2, 0) is 6.42 Å². The van der Waals surface area contributed by atoms with E-state index in [9.17, 15) is 4.79 Å². The predicted octanol–water partition coefficient (Wildman–Crippen LogP) is 3.81. The molecule has 2 amide bonds. The van der Waals surface area contributed by atoms with E-state index in [-0.39, 0.29) is 18.2 Å². The van der Waals surface area contributed by atoms with Crippen LogP contribution in [0.5, 0.6) is 5.75 Å². The van der Waals surface area contributed by atoms with E-state index in [1.54, 1.807) is 0 Å². The molecule has 0 saturated heterocycles. The van der Waals surface area contributed by atoms with Gasteiger partial charge in [-0.05, 0) is 36.2 Å². The number of rotatable bonds is 4. The van der Waals surface area contributed by atoms with E-state index in [4.69, 9.17) is 4.74 Å². The zero-order valence-corrected chi connectivity index (χ0v) is 14.5. The summed E-state index contributed by atoms with van der Waals surface area (Å²) in [4.78, 5) is 12.0. The maximum absolute atomic E-state index is 12.0. The van der Waals surface area contributed by atoms with Gasteiger partial charge in [-0.2, -0.15) is 0 Å². The average molecular weight is 375 g/mol. The molecule has 0 fully saturated rings. The summed E-state index contributed by atoms with van der Waals surface area (Å²) in [5, 5.41) is 5.83. The zero-order valence-electron chi connectivity index (χ0n) is 12.9. The Hall–Kier alpha value is -2.01. The van der Waals surface area contributed by atoms with Crippen molar-refractivity contribution in [3.05, 3.63) is 64.1 Å². The second kappa shape index (κ2) is 7.04. The van der Waals surface area contributed by atoms with E-state index >= 15 is 0 Å². The van der Waals surface area contributed by atoms with Crippen LogP contribution in [-0.4, -0.2) is 18.7 Å². The van der Waals surface area contributed by atoms with Gasteiger partial charge in [-0.1, -0.05) is 46.3 Å². The number of carbonyl (C=O) groups excluding carboxylic acids is 1. The fraction of sp³-hybridized carbons (Fsp3) is 0.278. The molecule has 0 spiro atoms. The van der Waals surface area contributed by atoms with Crippen LogP contribution in [0.2, 0.25) is 0 Å². The van der Waals surface area contributed by atoms with Crippen molar-refractivity contribution in [2.24, 2.45) is 0 Å². The molecule has 0 aromatic heterocycles. The van der Waals surface area contributed by atoms with Gasteiger partial charge < -0.3 is 15.4 Å². The minimum Gasteiger partial charge on any atom is -0.488 e. The summed E-state index contributed by atoms with van der Waals surface area (Å²) in [5.41, 5.74) is 2.26. The highest BCUT2D eigenvalue weighted by Crippen LogP contribution is 2.27. The van der Waals surface area contributed by atoms with Gasteiger partial charge in [-0.15, -0.1) is 0 Å². The number of fused-ring (bicyclic) bond motifs is 1. The van der Waals surface area contributed by atoms with Gasteiger partial charge in [0, 0.05) is 10.9 Å². The Labute approximate surface area is 144 Å². The molecule has 2 atom stereocenters. The maximum Gasteiger partial charge on any atom is 0.315 e. The fourth-order valence-electron chi connectivity index (χ4n) is 2.66. The van der Waals surface area contributed by atoms with Gasteiger partial charge >= 0.3 is 6.03 Å². The van der Waals surface area contributed by atoms with Crippen molar-refractivity contribution in [2.45, 2.75) is 25.5 Å². The number of hydrogen-bond donors (Lipinski definition) is 2. The van der Waals surface area contributed by atoms with Crippen molar-refractivity contribution in [2.75, 3.05) is 6.54 Å². The molecule has 1 aliphatic heterocycles. The van der Waals surface area contributed by atoms with Crippen LogP contribution in [0.25, 0.3) is 0 Å². The predicted molar refractivity (Wildman–Crippen MR) is 93.7 cm³/mol. The van der Waals surface area contributed by atoms with Crippen molar-refractivity contribution in [3.8, 4) is 5.75 Å². The van der Waals surface area contributed by atoms with Gasteiger partial charge in [0.25, 0.3) is 0 Å². The fourth-order valence-corrected chi connectivity index (χ4v) is 2.92. The van der Waals surface area contributed by atoms with E-state index in [0.29, 0.717) is 6.54 Å². The lowest BCUT2D eigenvalue weighted by Crippen LogP contribution is -2.41. The Morgan fingerprint density at radius 3 is 2.74 bits per heavy atom. The highest BCUT2D eigenvalue weighted by molar-refractivity contribution is 9.10. The largest absolute Gasteiger partial charge is 0.488 e. The summed E-state index contributed by atoms with van der Waals surface area (Å²) in [5.74, 6) is 0.919. The Morgan fingerprint density at radius 1 is 1.26 bits per heavy atom. The molecule has 3 rings (SSSR count). The molecule has 0 radical (unpaired) electrons. The zero-order chi connectivity index (χ0) is 16.2. The molecule has 2 aromatic rings. The van der Waals surface area contributed by atoms with Gasteiger partial charge in [0.2, 0.25) is 0 Å². The normalized spacial score (nSPS) is 17.0. The van der Waals surface area contributed by atoms with Crippen molar-refractivity contribution >= 4 is 22.0 Å². The van der Waals surface area contributed by atoms with E-state index in [1.807, 2.05) is 49.4 Å². The first-order valence-corrected chi connectivity index (χ1v) is 8.45. The van der Waals surface area contributed by atoms with Gasteiger partial charge in [0.15, 0.2) is 0 Å². The highest BCUT2D eigenvalue weighted by Gasteiger charge is 2.22. The lowest BCUT2D eigenvalue weighted by molar-refractivity contribution is 0.212. The third kappa shape index (κ3) is 4.05.